The van der Waals surface area contributed by atoms with Crippen LogP contribution in [0.2, 0.25) is 0 Å². The highest BCUT2D eigenvalue weighted by molar-refractivity contribution is 7.86. The molecule has 1 aliphatic rings. The standard InChI is InChI=1S/C13H14O4S/c1-3-13(8-9-16-10-13)17-18(14,15)12-6-4-11(2)5-7-12/h1,4-7H,8-10H2,2H3. The number of hydrogen-bond donors (Lipinski definition) is 0. The van der Waals surface area contributed by atoms with Crippen LogP contribution in [0.5, 0.6) is 0 Å². The fourth-order valence-corrected chi connectivity index (χ4v) is 2.88. The molecule has 0 aromatic heterocycles. The number of hydrogen-bond acceptors (Lipinski definition) is 4. The molecule has 1 aromatic rings. The molecule has 1 unspecified atom stereocenters. The summed E-state index contributed by atoms with van der Waals surface area (Å²) >= 11 is 0. The Morgan fingerprint density at radius 3 is 2.56 bits per heavy atom. The summed E-state index contributed by atoms with van der Waals surface area (Å²) in [6.45, 7) is 2.40. The van der Waals surface area contributed by atoms with E-state index in [9.17, 15) is 8.42 Å². The zero-order chi connectivity index (χ0) is 13.2. The van der Waals surface area contributed by atoms with Crippen molar-refractivity contribution in [3.05, 3.63) is 29.8 Å². The lowest BCUT2D eigenvalue weighted by Crippen LogP contribution is -2.34. The molecular weight excluding hydrogens is 252 g/mol. The molecule has 0 bridgehead atoms. The van der Waals surface area contributed by atoms with E-state index in [1.54, 1.807) is 12.1 Å². The highest BCUT2D eigenvalue weighted by atomic mass is 32.2. The second-order valence-corrected chi connectivity index (χ2v) is 5.84. The van der Waals surface area contributed by atoms with Gasteiger partial charge in [0.05, 0.1) is 18.1 Å². The van der Waals surface area contributed by atoms with Crippen molar-refractivity contribution in [2.45, 2.75) is 23.8 Å². The van der Waals surface area contributed by atoms with Gasteiger partial charge in [0.2, 0.25) is 0 Å². The van der Waals surface area contributed by atoms with Crippen molar-refractivity contribution < 1.29 is 17.3 Å². The summed E-state index contributed by atoms with van der Waals surface area (Å²) in [5.74, 6) is 2.39. The summed E-state index contributed by atoms with van der Waals surface area (Å²) in [5, 5.41) is 0. The molecule has 0 spiro atoms. The molecular formula is C13H14O4S. The number of aryl methyl sites for hydroxylation is 1. The van der Waals surface area contributed by atoms with E-state index in [1.807, 2.05) is 6.92 Å². The summed E-state index contributed by atoms with van der Waals surface area (Å²) in [7, 11) is -3.85. The fourth-order valence-electron chi connectivity index (χ4n) is 1.71. The van der Waals surface area contributed by atoms with Crippen LogP contribution in [0.15, 0.2) is 29.2 Å². The van der Waals surface area contributed by atoms with Gasteiger partial charge in [-0.15, -0.1) is 6.42 Å². The van der Waals surface area contributed by atoms with Gasteiger partial charge in [-0.3, -0.25) is 0 Å². The van der Waals surface area contributed by atoms with E-state index in [1.165, 1.54) is 12.1 Å². The topological polar surface area (TPSA) is 52.6 Å². The van der Waals surface area contributed by atoms with Crippen molar-refractivity contribution >= 4 is 10.1 Å². The van der Waals surface area contributed by atoms with Crippen molar-refractivity contribution in [2.24, 2.45) is 0 Å². The van der Waals surface area contributed by atoms with Crippen molar-refractivity contribution in [1.29, 1.82) is 0 Å². The zero-order valence-corrected chi connectivity index (χ0v) is 10.9. The minimum absolute atomic E-state index is 0.106. The largest absolute Gasteiger partial charge is 0.377 e. The van der Waals surface area contributed by atoms with Crippen molar-refractivity contribution in [3.63, 3.8) is 0 Å². The van der Waals surface area contributed by atoms with Crippen LogP contribution in [0, 0.1) is 19.3 Å². The summed E-state index contributed by atoms with van der Waals surface area (Å²) in [5.41, 5.74) is -0.186. The van der Waals surface area contributed by atoms with Crippen LogP contribution in [-0.4, -0.2) is 27.2 Å². The summed E-state index contributed by atoms with van der Waals surface area (Å²) in [6, 6.07) is 6.43. The molecule has 2 rings (SSSR count). The highest BCUT2D eigenvalue weighted by Crippen LogP contribution is 2.27. The van der Waals surface area contributed by atoms with Gasteiger partial charge in [-0.25, -0.2) is 4.18 Å². The quantitative estimate of drug-likeness (QED) is 0.614. The number of rotatable bonds is 3. The molecule has 18 heavy (non-hydrogen) atoms. The molecule has 96 valence electrons. The van der Waals surface area contributed by atoms with Gasteiger partial charge in [0, 0.05) is 6.42 Å². The summed E-state index contributed by atoms with van der Waals surface area (Å²) in [6.07, 6.45) is 5.74. The number of ether oxygens (including phenoxy) is 1. The van der Waals surface area contributed by atoms with Gasteiger partial charge in [-0.05, 0) is 19.1 Å². The molecule has 4 nitrogen and oxygen atoms in total. The number of terminal acetylenes is 1. The first kappa shape index (κ1) is 13.1. The third kappa shape index (κ3) is 2.56. The van der Waals surface area contributed by atoms with E-state index in [4.69, 9.17) is 15.3 Å². The van der Waals surface area contributed by atoms with Gasteiger partial charge in [0.15, 0.2) is 5.60 Å². The average molecular weight is 266 g/mol. The van der Waals surface area contributed by atoms with Crippen molar-refractivity contribution in [2.75, 3.05) is 13.2 Å². The third-order valence-electron chi connectivity index (χ3n) is 2.83. The molecule has 0 saturated carbocycles. The van der Waals surface area contributed by atoms with Gasteiger partial charge in [-0.1, -0.05) is 23.6 Å². The molecule has 0 aliphatic carbocycles. The minimum Gasteiger partial charge on any atom is -0.377 e. The zero-order valence-electron chi connectivity index (χ0n) is 10.0. The molecule has 1 fully saturated rings. The Kier molecular flexibility index (Phi) is 3.44. The second kappa shape index (κ2) is 4.73. The van der Waals surface area contributed by atoms with E-state index in [-0.39, 0.29) is 11.5 Å². The monoisotopic (exact) mass is 266 g/mol. The first-order chi connectivity index (χ1) is 8.47. The first-order valence-electron chi connectivity index (χ1n) is 5.55. The lowest BCUT2D eigenvalue weighted by Gasteiger charge is -2.20. The Morgan fingerprint density at radius 2 is 2.06 bits per heavy atom. The van der Waals surface area contributed by atoms with E-state index >= 15 is 0 Å². The molecule has 0 amide bonds. The first-order valence-corrected chi connectivity index (χ1v) is 6.96. The fraction of sp³-hybridized carbons (Fsp3) is 0.385. The van der Waals surface area contributed by atoms with Crippen LogP contribution in [0.4, 0.5) is 0 Å². The Morgan fingerprint density at radius 1 is 1.39 bits per heavy atom. The van der Waals surface area contributed by atoms with Crippen molar-refractivity contribution in [1.82, 2.24) is 0 Å². The molecule has 0 radical (unpaired) electrons. The SMILES string of the molecule is C#CC1(OS(=O)(=O)c2ccc(C)cc2)CCOC1. The molecule has 1 atom stereocenters. The molecule has 1 aromatic carbocycles. The second-order valence-electron chi connectivity index (χ2n) is 4.29. The Labute approximate surface area is 107 Å². The minimum atomic E-state index is -3.85. The van der Waals surface area contributed by atoms with Gasteiger partial charge >= 0.3 is 0 Å². The smallest absolute Gasteiger partial charge is 0.298 e. The van der Waals surface area contributed by atoms with E-state index in [0.29, 0.717) is 13.0 Å². The lowest BCUT2D eigenvalue weighted by molar-refractivity contribution is 0.103. The normalized spacial score (nSPS) is 23.8. The predicted molar refractivity (Wildman–Crippen MR) is 66.4 cm³/mol. The molecule has 1 aliphatic heterocycles. The molecule has 0 N–H and O–H groups in total. The average Bonchev–Trinajstić information content (AvgIpc) is 2.78. The van der Waals surface area contributed by atoms with Gasteiger partial charge in [0.25, 0.3) is 10.1 Å². The molecule has 1 heterocycles. The highest BCUT2D eigenvalue weighted by Gasteiger charge is 2.39. The van der Waals surface area contributed by atoms with E-state index in [2.05, 4.69) is 5.92 Å². The maximum atomic E-state index is 12.1. The van der Waals surface area contributed by atoms with Crippen LogP contribution in [0.3, 0.4) is 0 Å². The predicted octanol–water partition coefficient (Wildman–Crippen LogP) is 1.49. The lowest BCUT2D eigenvalue weighted by atomic mass is 10.1. The molecule has 5 heteroatoms. The Hall–Kier alpha value is -1.35. The summed E-state index contributed by atoms with van der Waals surface area (Å²) < 4.78 is 34.5. The van der Waals surface area contributed by atoms with Crippen LogP contribution >= 0.6 is 0 Å². The van der Waals surface area contributed by atoms with Gasteiger partial charge in [-0.2, -0.15) is 8.42 Å². The maximum absolute atomic E-state index is 12.1. The Balaban J connectivity index is 2.27. The Bertz CT molecular complexity index is 560. The van der Waals surface area contributed by atoms with Gasteiger partial charge in [0.1, 0.15) is 0 Å². The van der Waals surface area contributed by atoms with Crippen LogP contribution in [-0.2, 0) is 19.0 Å². The maximum Gasteiger partial charge on any atom is 0.298 e. The number of benzene rings is 1. The van der Waals surface area contributed by atoms with Gasteiger partial charge < -0.3 is 4.74 Å². The van der Waals surface area contributed by atoms with E-state index in [0.717, 1.165) is 5.56 Å². The van der Waals surface area contributed by atoms with Crippen LogP contribution < -0.4 is 0 Å². The van der Waals surface area contributed by atoms with Crippen LogP contribution in [0.25, 0.3) is 0 Å². The summed E-state index contributed by atoms with van der Waals surface area (Å²) in [4.78, 5) is 0.106. The van der Waals surface area contributed by atoms with E-state index < -0.39 is 15.7 Å². The molecule has 1 saturated heterocycles. The third-order valence-corrected chi connectivity index (χ3v) is 4.22. The van der Waals surface area contributed by atoms with Crippen molar-refractivity contribution in [3.8, 4) is 12.3 Å². The van der Waals surface area contributed by atoms with Crippen LogP contribution in [0.1, 0.15) is 12.0 Å².